The lowest BCUT2D eigenvalue weighted by atomic mass is 9.80. The quantitative estimate of drug-likeness (QED) is 0.173. The van der Waals surface area contributed by atoms with E-state index in [2.05, 4.69) is 159 Å². The maximum atomic E-state index is 2.50. The summed E-state index contributed by atoms with van der Waals surface area (Å²) in [6.07, 6.45) is 0. The van der Waals surface area contributed by atoms with Gasteiger partial charge >= 0.3 is 0 Å². The molecule has 0 radical (unpaired) electrons. The molecule has 8 aromatic carbocycles. The molecular weight excluding hydrogens is 573 g/mol. The highest BCUT2D eigenvalue weighted by Gasteiger charge is 2.37. The van der Waals surface area contributed by atoms with E-state index in [9.17, 15) is 0 Å². The maximum Gasteiger partial charge on any atom is 0.0440 e. The molecule has 1 aliphatic rings. The van der Waals surface area contributed by atoms with E-state index in [1.165, 1.54) is 97.0 Å². The van der Waals surface area contributed by atoms with E-state index in [0.29, 0.717) is 0 Å². The number of rotatable bonds is 2. The Balaban J connectivity index is 1.27. The highest BCUT2D eigenvalue weighted by molar-refractivity contribution is 7.26. The molecule has 216 valence electrons. The number of thiophene rings is 1. The van der Waals surface area contributed by atoms with E-state index in [1.54, 1.807) is 0 Å². The topological polar surface area (TPSA) is 0 Å². The maximum absolute atomic E-state index is 2.50. The molecule has 0 saturated carbocycles. The van der Waals surface area contributed by atoms with Crippen LogP contribution >= 0.6 is 11.3 Å². The molecule has 10 rings (SSSR count). The standard InChI is InChI=1S/C45H30S/c1-45(2)37-25-22-28-20-23-35-30-14-10-11-19-39(30)46-44(35)42(28)43(37)36-24-21-29(26-38(36)45)41-33-17-8-6-15-31(33)40(27-12-4-3-5-13-27)32-16-7-9-18-34(32)41/h3-26H,1-2H3. The predicted molar refractivity (Wildman–Crippen MR) is 200 cm³/mol. The Hall–Kier alpha value is -5.24. The summed E-state index contributed by atoms with van der Waals surface area (Å²) in [5, 5.41) is 10.6. The molecule has 0 saturated heterocycles. The molecule has 0 amide bonds. The van der Waals surface area contributed by atoms with Crippen molar-refractivity contribution in [3.8, 4) is 33.4 Å². The Bertz CT molecular complexity index is 2650. The lowest BCUT2D eigenvalue weighted by molar-refractivity contribution is 0.661. The van der Waals surface area contributed by atoms with Crippen molar-refractivity contribution in [1.29, 1.82) is 0 Å². The molecule has 1 aliphatic carbocycles. The highest BCUT2D eigenvalue weighted by atomic mass is 32.1. The smallest absolute Gasteiger partial charge is 0.0440 e. The molecule has 0 nitrogen and oxygen atoms in total. The minimum Gasteiger partial charge on any atom is -0.135 e. The molecule has 0 atom stereocenters. The fourth-order valence-corrected chi connectivity index (χ4v) is 9.59. The van der Waals surface area contributed by atoms with Crippen LogP contribution in [0.3, 0.4) is 0 Å². The first-order valence-corrected chi connectivity index (χ1v) is 16.9. The molecule has 0 unspecified atom stereocenters. The monoisotopic (exact) mass is 602 g/mol. The summed E-state index contributed by atoms with van der Waals surface area (Å²) >= 11 is 1.93. The molecule has 0 aliphatic heterocycles. The zero-order chi connectivity index (χ0) is 30.6. The van der Waals surface area contributed by atoms with Gasteiger partial charge in [0.25, 0.3) is 0 Å². The third-order valence-electron chi connectivity index (χ3n) is 10.4. The number of fused-ring (bicyclic) bond motifs is 11. The van der Waals surface area contributed by atoms with Crippen LogP contribution in [0.1, 0.15) is 25.0 Å². The minimum absolute atomic E-state index is 0.122. The van der Waals surface area contributed by atoms with Gasteiger partial charge in [-0.05, 0) is 83.6 Å². The van der Waals surface area contributed by atoms with E-state index < -0.39 is 0 Å². The summed E-state index contributed by atoms with van der Waals surface area (Å²) < 4.78 is 2.75. The van der Waals surface area contributed by atoms with Gasteiger partial charge in [-0.3, -0.25) is 0 Å². The molecule has 0 bridgehead atoms. The predicted octanol–water partition coefficient (Wildman–Crippen LogP) is 13.2. The van der Waals surface area contributed by atoms with Crippen molar-refractivity contribution >= 4 is 63.8 Å². The Morgan fingerprint density at radius 1 is 0.435 bits per heavy atom. The van der Waals surface area contributed by atoms with Gasteiger partial charge in [0, 0.05) is 31.0 Å². The van der Waals surface area contributed by atoms with Crippen LogP contribution < -0.4 is 0 Å². The summed E-state index contributed by atoms with van der Waals surface area (Å²) in [4.78, 5) is 0. The van der Waals surface area contributed by atoms with E-state index >= 15 is 0 Å². The Morgan fingerprint density at radius 3 is 1.72 bits per heavy atom. The third kappa shape index (κ3) is 3.44. The SMILES string of the molecule is CC1(C)c2cc(-c3c4ccccc4c(-c4ccccc4)c4ccccc34)ccc2-c2c1ccc1ccc3c4ccccc4sc3c21. The summed E-state index contributed by atoms with van der Waals surface area (Å²) in [5.41, 5.74) is 10.7. The summed E-state index contributed by atoms with van der Waals surface area (Å²) in [7, 11) is 0. The van der Waals surface area contributed by atoms with Gasteiger partial charge in [-0.15, -0.1) is 11.3 Å². The fourth-order valence-electron chi connectivity index (χ4n) is 8.33. The number of benzene rings is 8. The summed E-state index contributed by atoms with van der Waals surface area (Å²) in [5.74, 6) is 0. The second-order valence-corrected chi connectivity index (χ2v) is 14.3. The average Bonchev–Trinajstić information content (AvgIpc) is 3.59. The molecule has 0 fully saturated rings. The van der Waals surface area contributed by atoms with Crippen molar-refractivity contribution in [1.82, 2.24) is 0 Å². The van der Waals surface area contributed by atoms with Gasteiger partial charge in [0.05, 0.1) is 0 Å². The van der Waals surface area contributed by atoms with E-state index in [1.807, 2.05) is 11.3 Å². The molecular formula is C45H30S. The lowest BCUT2D eigenvalue weighted by Crippen LogP contribution is -2.15. The Kier molecular flexibility index (Phi) is 5.31. The summed E-state index contributed by atoms with van der Waals surface area (Å²) in [6, 6.07) is 54.3. The lowest BCUT2D eigenvalue weighted by Gasteiger charge is -2.23. The van der Waals surface area contributed by atoms with Gasteiger partial charge in [-0.2, -0.15) is 0 Å². The molecule has 9 aromatic rings. The first-order valence-electron chi connectivity index (χ1n) is 16.1. The number of hydrogen-bond acceptors (Lipinski definition) is 1. The molecule has 0 spiro atoms. The van der Waals surface area contributed by atoms with Crippen molar-refractivity contribution in [3.05, 3.63) is 157 Å². The van der Waals surface area contributed by atoms with Crippen molar-refractivity contribution < 1.29 is 0 Å². The third-order valence-corrected chi connectivity index (χ3v) is 11.7. The van der Waals surface area contributed by atoms with Crippen molar-refractivity contribution in [2.75, 3.05) is 0 Å². The van der Waals surface area contributed by atoms with Gasteiger partial charge in [0.1, 0.15) is 0 Å². The normalized spacial score (nSPS) is 13.6. The highest BCUT2D eigenvalue weighted by Crippen LogP contribution is 2.55. The van der Waals surface area contributed by atoms with E-state index in [4.69, 9.17) is 0 Å². The fraction of sp³-hybridized carbons (Fsp3) is 0.0667. The van der Waals surface area contributed by atoms with Gasteiger partial charge in [-0.25, -0.2) is 0 Å². The first-order chi connectivity index (χ1) is 22.6. The molecule has 0 N–H and O–H groups in total. The first kappa shape index (κ1) is 26.0. The van der Waals surface area contributed by atoms with Crippen LogP contribution in [0.25, 0.3) is 85.9 Å². The molecule has 46 heavy (non-hydrogen) atoms. The van der Waals surface area contributed by atoms with Gasteiger partial charge in [0.2, 0.25) is 0 Å². The van der Waals surface area contributed by atoms with Crippen LogP contribution in [0.2, 0.25) is 0 Å². The van der Waals surface area contributed by atoms with Crippen LogP contribution in [0, 0.1) is 0 Å². The van der Waals surface area contributed by atoms with Crippen LogP contribution in [-0.2, 0) is 5.41 Å². The molecule has 1 aromatic heterocycles. The van der Waals surface area contributed by atoms with Gasteiger partial charge in [-0.1, -0.05) is 147 Å². The van der Waals surface area contributed by atoms with Gasteiger partial charge < -0.3 is 0 Å². The number of hydrogen-bond donors (Lipinski definition) is 0. The largest absolute Gasteiger partial charge is 0.135 e. The summed E-state index contributed by atoms with van der Waals surface area (Å²) in [6.45, 7) is 4.82. The van der Waals surface area contributed by atoms with E-state index in [-0.39, 0.29) is 5.41 Å². The van der Waals surface area contributed by atoms with Crippen molar-refractivity contribution in [2.24, 2.45) is 0 Å². The van der Waals surface area contributed by atoms with E-state index in [0.717, 1.165) is 0 Å². The second-order valence-electron chi connectivity index (χ2n) is 13.2. The zero-order valence-corrected chi connectivity index (χ0v) is 26.6. The average molecular weight is 603 g/mol. The Labute approximate surface area is 272 Å². The van der Waals surface area contributed by atoms with Crippen molar-refractivity contribution in [3.63, 3.8) is 0 Å². The second kappa shape index (κ2) is 9.39. The van der Waals surface area contributed by atoms with Crippen LogP contribution in [0.15, 0.2) is 146 Å². The van der Waals surface area contributed by atoms with Gasteiger partial charge in [0.15, 0.2) is 0 Å². The van der Waals surface area contributed by atoms with Crippen LogP contribution in [0.4, 0.5) is 0 Å². The van der Waals surface area contributed by atoms with Crippen molar-refractivity contribution in [2.45, 2.75) is 19.3 Å². The zero-order valence-electron chi connectivity index (χ0n) is 25.8. The molecule has 1 heteroatoms. The Morgan fingerprint density at radius 2 is 1.02 bits per heavy atom. The van der Waals surface area contributed by atoms with Crippen LogP contribution in [0.5, 0.6) is 0 Å². The minimum atomic E-state index is -0.122. The molecule has 1 heterocycles. The van der Waals surface area contributed by atoms with Crippen LogP contribution in [-0.4, -0.2) is 0 Å².